The Hall–Kier alpha value is -8.28. The summed E-state index contributed by atoms with van der Waals surface area (Å²) in [6.45, 7) is 0. The van der Waals surface area contributed by atoms with Crippen molar-refractivity contribution in [3.05, 3.63) is 231 Å². The van der Waals surface area contributed by atoms with Crippen molar-refractivity contribution in [3.63, 3.8) is 0 Å². The molecule has 63 heavy (non-hydrogen) atoms. The zero-order chi connectivity index (χ0) is 41.0. The second-order valence-electron chi connectivity index (χ2n) is 15.8. The van der Waals surface area contributed by atoms with Crippen LogP contribution in [0.25, 0.3) is 111 Å². The molecule has 0 aliphatic rings. The van der Waals surface area contributed by atoms with E-state index in [2.05, 4.69) is 240 Å². The van der Waals surface area contributed by atoms with Crippen molar-refractivity contribution in [1.29, 1.82) is 0 Å². The monoisotopic (exact) mass is 805 g/mol. The molecule has 3 aromatic heterocycles. The highest BCUT2D eigenvalue weighted by Gasteiger charge is 2.17. The summed E-state index contributed by atoms with van der Waals surface area (Å²) in [5, 5.41) is 4.96. The Morgan fingerprint density at radius 3 is 1.16 bits per heavy atom. The molecule has 4 nitrogen and oxygen atoms in total. The van der Waals surface area contributed by atoms with Gasteiger partial charge in [0.2, 0.25) is 0 Å². The number of para-hydroxylation sites is 4. The molecular formula is C58H42BN4-. The molecule has 0 N–H and O–H groups in total. The number of hydrogen-bond donors (Lipinski definition) is 0. The smallest absolute Gasteiger partial charge is 0.160 e. The largest absolute Gasteiger partial charge is 0.309 e. The predicted molar refractivity (Wildman–Crippen MR) is 269 cm³/mol. The van der Waals surface area contributed by atoms with Gasteiger partial charge in [0.25, 0.3) is 0 Å². The molecule has 0 spiro atoms. The maximum absolute atomic E-state index is 5.35. The summed E-state index contributed by atoms with van der Waals surface area (Å²) in [7, 11) is 0. The van der Waals surface area contributed by atoms with Crippen molar-refractivity contribution in [2.45, 2.75) is 0 Å². The van der Waals surface area contributed by atoms with Crippen LogP contribution in [0.2, 0.25) is 0 Å². The Balaban J connectivity index is 0.00000444. The van der Waals surface area contributed by atoms with Gasteiger partial charge in [-0.05, 0) is 82.9 Å². The normalized spacial score (nSPS) is 11.4. The van der Waals surface area contributed by atoms with Crippen LogP contribution in [0.1, 0.15) is 0 Å². The van der Waals surface area contributed by atoms with E-state index in [-0.39, 0.29) is 8.41 Å². The number of nitrogens with zero attached hydrogens (tertiary/aromatic N) is 4. The third-order valence-corrected chi connectivity index (χ3v) is 12.1. The fraction of sp³-hybridized carbons (Fsp3) is 0. The summed E-state index contributed by atoms with van der Waals surface area (Å²) in [6, 6.07) is 82.1. The maximum Gasteiger partial charge on any atom is 0.160 e. The fourth-order valence-corrected chi connectivity index (χ4v) is 9.20. The van der Waals surface area contributed by atoms with Gasteiger partial charge in [-0.3, -0.25) is 0 Å². The number of aromatic nitrogens is 4. The molecule has 0 unspecified atom stereocenters. The van der Waals surface area contributed by atoms with Gasteiger partial charge in [-0.25, -0.2) is 9.97 Å². The molecule has 9 aromatic carbocycles. The lowest BCUT2D eigenvalue weighted by atomic mass is 9.99. The Bertz CT molecular complexity index is 3530. The standard InChI is InChI=1S/C58H38N4.BH4/c1-2-15-39(16-3-1)40-31-33-41(34-32-40)52-38-53(60-58(59-52)45-20-14-22-47(37-45)62-56-29-10-6-25-50(56)51-26-7-11-30-57(51)62)44-19-12-17-42(35-44)43-18-13-21-46(36-43)61-54-27-8-4-23-48(54)49-24-5-9-28-55(49)61;/h1-38H;1H4/q;-1. The topological polar surface area (TPSA) is 35.6 Å². The van der Waals surface area contributed by atoms with E-state index < -0.39 is 0 Å². The zero-order valence-electron chi connectivity index (χ0n) is 33.7. The van der Waals surface area contributed by atoms with Crippen LogP contribution < -0.4 is 0 Å². The fourth-order valence-electron chi connectivity index (χ4n) is 9.20. The number of benzene rings is 9. The Morgan fingerprint density at radius 2 is 0.619 bits per heavy atom. The van der Waals surface area contributed by atoms with Gasteiger partial charge in [-0.2, -0.15) is 0 Å². The third-order valence-electron chi connectivity index (χ3n) is 12.1. The quantitative estimate of drug-likeness (QED) is 0.150. The minimum absolute atomic E-state index is 0. The second kappa shape index (κ2) is 15.6. The first kappa shape index (κ1) is 37.7. The van der Waals surface area contributed by atoms with Crippen LogP contribution in [0.4, 0.5) is 0 Å². The predicted octanol–water partition coefficient (Wildman–Crippen LogP) is 13.6. The molecule has 12 rings (SSSR count). The molecule has 0 fully saturated rings. The van der Waals surface area contributed by atoms with Crippen molar-refractivity contribution in [1.82, 2.24) is 19.1 Å². The van der Waals surface area contributed by atoms with Crippen molar-refractivity contribution < 1.29 is 0 Å². The Morgan fingerprint density at radius 1 is 0.254 bits per heavy atom. The molecule has 12 aromatic rings. The lowest BCUT2D eigenvalue weighted by Gasteiger charge is -2.13. The van der Waals surface area contributed by atoms with Crippen LogP contribution in [0.3, 0.4) is 0 Å². The van der Waals surface area contributed by atoms with Gasteiger partial charge < -0.3 is 9.13 Å². The molecule has 0 saturated heterocycles. The van der Waals surface area contributed by atoms with Gasteiger partial charge in [-0.15, -0.1) is 0 Å². The summed E-state index contributed by atoms with van der Waals surface area (Å²) in [5.41, 5.74) is 16.2. The van der Waals surface area contributed by atoms with Crippen molar-refractivity contribution in [2.24, 2.45) is 0 Å². The van der Waals surface area contributed by atoms with Crippen molar-refractivity contribution in [3.8, 4) is 67.5 Å². The van der Waals surface area contributed by atoms with E-state index in [9.17, 15) is 0 Å². The lowest BCUT2D eigenvalue weighted by Crippen LogP contribution is -1.98. The average molecular weight is 806 g/mol. The van der Waals surface area contributed by atoms with E-state index in [1.807, 2.05) is 0 Å². The first-order chi connectivity index (χ1) is 30.7. The maximum atomic E-state index is 5.35. The van der Waals surface area contributed by atoms with Crippen LogP contribution in [-0.4, -0.2) is 27.5 Å². The molecule has 5 heteroatoms. The summed E-state index contributed by atoms with van der Waals surface area (Å²) in [4.78, 5) is 10.6. The SMILES string of the molecule is [BH4-].c1ccc(-c2ccc(-c3cc(-c4cccc(-c5cccc(-n6c7ccccc7c7ccccc76)c5)c4)nc(-c4cccc(-n5c6ccccc6c6ccccc65)c4)n3)cc2)cc1. The molecule has 0 atom stereocenters. The minimum Gasteiger partial charge on any atom is -0.309 e. The van der Waals surface area contributed by atoms with E-state index in [1.165, 1.54) is 54.7 Å². The summed E-state index contributed by atoms with van der Waals surface area (Å²) < 4.78 is 4.72. The summed E-state index contributed by atoms with van der Waals surface area (Å²) >= 11 is 0. The molecule has 0 radical (unpaired) electrons. The molecule has 0 aliphatic heterocycles. The first-order valence-electron chi connectivity index (χ1n) is 21.1. The molecule has 0 saturated carbocycles. The van der Waals surface area contributed by atoms with Crippen molar-refractivity contribution in [2.75, 3.05) is 0 Å². The highest BCUT2D eigenvalue weighted by Crippen LogP contribution is 2.37. The van der Waals surface area contributed by atoms with Gasteiger partial charge in [0, 0.05) is 49.6 Å². The third kappa shape index (κ3) is 6.59. The second-order valence-corrected chi connectivity index (χ2v) is 15.8. The Kier molecular flexibility index (Phi) is 9.36. The zero-order valence-corrected chi connectivity index (χ0v) is 33.7. The van der Waals surface area contributed by atoms with Crippen LogP contribution in [0, 0.1) is 0 Å². The Labute approximate surface area is 367 Å². The summed E-state index contributed by atoms with van der Waals surface area (Å²) in [5.74, 6) is 0.672. The molecule has 3 heterocycles. The van der Waals surface area contributed by atoms with Gasteiger partial charge in [0.1, 0.15) is 0 Å². The molecule has 0 amide bonds. The van der Waals surface area contributed by atoms with Gasteiger partial charge in [0.05, 0.1) is 33.5 Å². The van der Waals surface area contributed by atoms with Gasteiger partial charge in [0.15, 0.2) is 5.82 Å². The number of fused-ring (bicyclic) bond motifs is 6. The van der Waals surface area contributed by atoms with E-state index in [0.29, 0.717) is 5.82 Å². The van der Waals surface area contributed by atoms with Crippen LogP contribution in [-0.2, 0) is 0 Å². The highest BCUT2D eigenvalue weighted by atomic mass is 15.0. The minimum atomic E-state index is 0. The van der Waals surface area contributed by atoms with Crippen LogP contribution in [0.15, 0.2) is 231 Å². The summed E-state index contributed by atoms with van der Waals surface area (Å²) in [6.07, 6.45) is 0. The molecule has 0 aliphatic carbocycles. The van der Waals surface area contributed by atoms with E-state index >= 15 is 0 Å². The van der Waals surface area contributed by atoms with Gasteiger partial charge >= 0.3 is 0 Å². The molecule has 0 bridgehead atoms. The molecular weight excluding hydrogens is 763 g/mol. The lowest BCUT2D eigenvalue weighted by molar-refractivity contribution is 1.16. The number of rotatable bonds is 7. The van der Waals surface area contributed by atoms with E-state index in [1.54, 1.807) is 0 Å². The first-order valence-corrected chi connectivity index (χ1v) is 21.1. The van der Waals surface area contributed by atoms with Crippen LogP contribution in [0.5, 0.6) is 0 Å². The van der Waals surface area contributed by atoms with Crippen LogP contribution >= 0.6 is 0 Å². The highest BCUT2D eigenvalue weighted by molar-refractivity contribution is 6.10. The number of hydrogen-bond acceptors (Lipinski definition) is 2. The van der Waals surface area contributed by atoms with Gasteiger partial charge in [-0.1, -0.05) is 178 Å². The molecule has 298 valence electrons. The van der Waals surface area contributed by atoms with E-state index in [4.69, 9.17) is 9.97 Å². The average Bonchev–Trinajstić information content (AvgIpc) is 3.87. The van der Waals surface area contributed by atoms with E-state index in [0.717, 1.165) is 50.6 Å². The van der Waals surface area contributed by atoms with Crippen molar-refractivity contribution >= 4 is 52.0 Å².